The molecule has 2 atom stereocenters. The van der Waals surface area contributed by atoms with Gasteiger partial charge in [-0.2, -0.15) is 0 Å². The fourth-order valence-electron chi connectivity index (χ4n) is 2.56. The average Bonchev–Trinajstić information content (AvgIpc) is 2.77. The maximum absolute atomic E-state index is 12.5. The normalized spacial score (nSPS) is 12.0. The van der Waals surface area contributed by atoms with Gasteiger partial charge in [0, 0.05) is 4.91 Å². The molecule has 0 aliphatic rings. The van der Waals surface area contributed by atoms with E-state index in [1.54, 1.807) is 24.3 Å². The summed E-state index contributed by atoms with van der Waals surface area (Å²) in [6, 6.07) is 12.1. The number of aromatic hydroxyl groups is 1. The van der Waals surface area contributed by atoms with Crippen LogP contribution in [-0.2, 0) is 27.4 Å². The average molecular weight is 427 g/mol. The molecular weight excluding hydrogens is 406 g/mol. The van der Waals surface area contributed by atoms with E-state index in [0.29, 0.717) is 5.56 Å². The van der Waals surface area contributed by atoms with Gasteiger partial charge in [-0.3, -0.25) is 9.59 Å². The van der Waals surface area contributed by atoms with Gasteiger partial charge in [0.25, 0.3) is 0 Å². The van der Waals surface area contributed by atoms with Crippen molar-refractivity contribution in [2.45, 2.75) is 25.1 Å². The Morgan fingerprint density at radius 2 is 1.68 bits per heavy atom. The van der Waals surface area contributed by atoms with E-state index < -0.39 is 36.6 Å². The lowest BCUT2D eigenvalue weighted by Gasteiger charge is -2.20. The molecule has 162 valence electrons. The number of alkyl carbamates (subject to hydrolysis) is 1. The Morgan fingerprint density at radius 3 is 2.29 bits per heavy atom. The molecule has 0 heterocycles. The SMILES string of the molecule is [N-]=[N+]=NC(=O)[C@H](Cc1ccc(O)cc1)NC(=O)[C@H](CO)NC(=O)OCc1ccccc1. The summed E-state index contributed by atoms with van der Waals surface area (Å²) in [6.45, 7) is -0.792. The highest BCUT2D eigenvalue weighted by Gasteiger charge is 2.26. The van der Waals surface area contributed by atoms with Gasteiger partial charge >= 0.3 is 6.09 Å². The maximum atomic E-state index is 12.5. The van der Waals surface area contributed by atoms with Gasteiger partial charge in [0.2, 0.25) is 11.8 Å². The van der Waals surface area contributed by atoms with Crippen molar-refractivity contribution >= 4 is 17.9 Å². The minimum atomic E-state index is -1.40. The number of nitrogens with zero attached hydrogens (tertiary/aromatic N) is 3. The number of amides is 3. The number of azide groups is 1. The smallest absolute Gasteiger partial charge is 0.408 e. The summed E-state index contributed by atoms with van der Waals surface area (Å²) in [4.78, 5) is 38.9. The van der Waals surface area contributed by atoms with Crippen LogP contribution in [0.1, 0.15) is 11.1 Å². The molecule has 2 rings (SSSR count). The number of hydrogen-bond donors (Lipinski definition) is 4. The van der Waals surface area contributed by atoms with Crippen molar-refractivity contribution in [2.75, 3.05) is 6.61 Å². The fraction of sp³-hybridized carbons (Fsp3) is 0.250. The van der Waals surface area contributed by atoms with Gasteiger partial charge in [0.1, 0.15) is 18.4 Å². The van der Waals surface area contributed by atoms with Crippen LogP contribution in [0.2, 0.25) is 0 Å². The molecule has 0 fully saturated rings. The molecule has 2 aromatic carbocycles. The predicted molar refractivity (Wildman–Crippen MR) is 109 cm³/mol. The minimum Gasteiger partial charge on any atom is -0.508 e. The van der Waals surface area contributed by atoms with E-state index in [4.69, 9.17) is 10.3 Å². The Bertz CT molecular complexity index is 944. The second-order valence-electron chi connectivity index (χ2n) is 6.40. The maximum Gasteiger partial charge on any atom is 0.408 e. The number of benzene rings is 2. The van der Waals surface area contributed by atoms with Crippen LogP contribution in [0, 0.1) is 0 Å². The number of ether oxygens (including phenoxy) is 1. The summed E-state index contributed by atoms with van der Waals surface area (Å²) in [6.07, 6.45) is -0.977. The van der Waals surface area contributed by atoms with E-state index in [0.717, 1.165) is 5.56 Å². The molecule has 3 amide bonds. The zero-order chi connectivity index (χ0) is 22.6. The molecule has 2 aromatic rings. The Kier molecular flexibility index (Phi) is 8.84. The van der Waals surface area contributed by atoms with E-state index >= 15 is 0 Å². The Balaban J connectivity index is 1.99. The van der Waals surface area contributed by atoms with Crippen LogP contribution in [0.25, 0.3) is 10.4 Å². The lowest BCUT2D eigenvalue weighted by molar-refractivity contribution is -0.129. The Morgan fingerprint density at radius 1 is 1.00 bits per heavy atom. The number of aliphatic hydroxyl groups is 1. The molecule has 0 aromatic heterocycles. The van der Waals surface area contributed by atoms with Crippen LogP contribution in [0.3, 0.4) is 0 Å². The van der Waals surface area contributed by atoms with E-state index in [9.17, 15) is 24.6 Å². The second-order valence-corrected chi connectivity index (χ2v) is 6.40. The molecule has 0 aliphatic heterocycles. The lowest BCUT2D eigenvalue weighted by Crippen LogP contribution is -2.53. The monoisotopic (exact) mass is 427 g/mol. The van der Waals surface area contributed by atoms with Crippen LogP contribution >= 0.6 is 0 Å². The first-order valence-electron chi connectivity index (χ1n) is 9.18. The van der Waals surface area contributed by atoms with E-state index in [1.165, 1.54) is 24.3 Å². The number of phenolic OH excluding ortho intramolecular Hbond substituents is 1. The molecular formula is C20H21N5O6. The molecule has 0 spiro atoms. The molecule has 4 N–H and O–H groups in total. The Hall–Kier alpha value is -4.08. The molecule has 0 saturated carbocycles. The van der Waals surface area contributed by atoms with E-state index in [1.807, 2.05) is 6.07 Å². The van der Waals surface area contributed by atoms with Crippen molar-refractivity contribution in [1.82, 2.24) is 10.6 Å². The highest BCUT2D eigenvalue weighted by molar-refractivity contribution is 5.91. The zero-order valence-corrected chi connectivity index (χ0v) is 16.3. The van der Waals surface area contributed by atoms with Gasteiger partial charge in [0.15, 0.2) is 0 Å². The summed E-state index contributed by atoms with van der Waals surface area (Å²) in [5, 5.41) is 26.4. The first-order valence-corrected chi connectivity index (χ1v) is 9.18. The molecule has 0 saturated heterocycles. The summed E-state index contributed by atoms with van der Waals surface area (Å²) in [7, 11) is 0. The van der Waals surface area contributed by atoms with Crippen LogP contribution in [0.5, 0.6) is 5.75 Å². The van der Waals surface area contributed by atoms with Gasteiger partial charge in [0.05, 0.1) is 12.6 Å². The number of carbonyl (C=O) groups excluding carboxylic acids is 3. The van der Waals surface area contributed by atoms with Gasteiger partial charge < -0.3 is 25.6 Å². The first-order chi connectivity index (χ1) is 14.9. The highest BCUT2D eigenvalue weighted by Crippen LogP contribution is 2.12. The van der Waals surface area contributed by atoms with Crippen molar-refractivity contribution in [1.29, 1.82) is 0 Å². The second kappa shape index (κ2) is 11.8. The van der Waals surface area contributed by atoms with Crippen LogP contribution in [0.15, 0.2) is 59.7 Å². The molecule has 11 nitrogen and oxygen atoms in total. The summed E-state index contributed by atoms with van der Waals surface area (Å²) >= 11 is 0. The fourth-order valence-corrected chi connectivity index (χ4v) is 2.56. The minimum absolute atomic E-state index is 0.0178. The van der Waals surface area contributed by atoms with E-state index in [-0.39, 0.29) is 18.8 Å². The van der Waals surface area contributed by atoms with E-state index in [2.05, 4.69) is 20.7 Å². The number of nitrogens with one attached hydrogen (secondary N) is 2. The largest absolute Gasteiger partial charge is 0.508 e. The molecule has 0 bridgehead atoms. The number of carbonyl (C=O) groups is 3. The zero-order valence-electron chi connectivity index (χ0n) is 16.3. The third-order valence-electron chi connectivity index (χ3n) is 4.14. The summed E-state index contributed by atoms with van der Waals surface area (Å²) in [5.41, 5.74) is 9.83. The van der Waals surface area contributed by atoms with Gasteiger partial charge in [-0.15, -0.1) is 0 Å². The molecule has 0 unspecified atom stereocenters. The summed E-state index contributed by atoms with van der Waals surface area (Å²) in [5.74, 6) is -1.80. The predicted octanol–water partition coefficient (Wildman–Crippen LogP) is 1.54. The van der Waals surface area contributed by atoms with Gasteiger partial charge in [-0.1, -0.05) is 42.5 Å². The molecule has 0 aliphatic carbocycles. The summed E-state index contributed by atoms with van der Waals surface area (Å²) < 4.78 is 5.01. The van der Waals surface area contributed by atoms with Crippen LogP contribution in [0.4, 0.5) is 4.79 Å². The molecule has 11 heteroatoms. The van der Waals surface area contributed by atoms with Crippen LogP contribution in [-0.4, -0.2) is 46.8 Å². The number of aliphatic hydroxyl groups excluding tert-OH is 1. The van der Waals surface area contributed by atoms with Crippen molar-refractivity contribution in [2.24, 2.45) is 5.11 Å². The third kappa shape index (κ3) is 7.69. The van der Waals surface area contributed by atoms with Gasteiger partial charge in [-0.25, -0.2) is 4.79 Å². The van der Waals surface area contributed by atoms with Crippen molar-refractivity contribution < 1.29 is 29.3 Å². The topological polar surface area (TPSA) is 174 Å². The molecule has 31 heavy (non-hydrogen) atoms. The van der Waals surface area contributed by atoms with Crippen molar-refractivity contribution in [3.8, 4) is 5.75 Å². The quantitative estimate of drug-likeness (QED) is 0.268. The molecule has 0 radical (unpaired) electrons. The number of phenols is 1. The van der Waals surface area contributed by atoms with Gasteiger partial charge in [-0.05, 0) is 40.3 Å². The standard InChI is InChI=1S/C20H21N5O6/c21-25-24-19(29)16(10-13-6-8-15(27)9-7-13)22-18(28)17(11-26)23-20(30)31-12-14-4-2-1-3-5-14/h1-9,16-17,26-27H,10-12H2,(H,22,28)(H,23,30)/t16-,17-/m0/s1. The Labute approximate surface area is 177 Å². The number of hydrogen-bond acceptors (Lipinski definition) is 6. The lowest BCUT2D eigenvalue weighted by atomic mass is 10.0. The number of rotatable bonds is 9. The van der Waals surface area contributed by atoms with Crippen molar-refractivity contribution in [3.63, 3.8) is 0 Å². The first kappa shape index (κ1) is 23.2. The van der Waals surface area contributed by atoms with Crippen molar-refractivity contribution in [3.05, 3.63) is 76.2 Å². The highest BCUT2D eigenvalue weighted by atomic mass is 16.5. The van der Waals surface area contributed by atoms with Crippen LogP contribution < -0.4 is 10.6 Å². The third-order valence-corrected chi connectivity index (χ3v) is 4.14.